The average Bonchev–Trinajstić information content (AvgIpc) is 2.76. The van der Waals surface area contributed by atoms with Gasteiger partial charge in [0, 0.05) is 35.1 Å². The number of rotatable bonds is 6. The average molecular weight is 302 g/mol. The largest absolute Gasteiger partial charge is 0.346 e. The first-order chi connectivity index (χ1) is 10.4. The standard InChI is InChI=1S/C18H23FN2O/c1-12(2)21-13(3)9-16(14(21)4)18(22)11-20-10-15-7-5-6-8-17(15)19/h5-9,12,20H,10-11H2,1-4H3. The van der Waals surface area contributed by atoms with Gasteiger partial charge in [0.25, 0.3) is 0 Å². The topological polar surface area (TPSA) is 34.0 Å². The van der Waals surface area contributed by atoms with Crippen molar-refractivity contribution in [2.45, 2.75) is 40.3 Å². The summed E-state index contributed by atoms with van der Waals surface area (Å²) >= 11 is 0. The van der Waals surface area contributed by atoms with E-state index in [1.165, 1.54) is 6.07 Å². The molecule has 0 unspecified atom stereocenters. The molecule has 0 aliphatic rings. The normalized spacial score (nSPS) is 11.2. The number of benzene rings is 1. The number of nitrogens with zero attached hydrogens (tertiary/aromatic N) is 1. The molecular formula is C18H23FN2O. The predicted octanol–water partition coefficient (Wildman–Crippen LogP) is 3.80. The van der Waals surface area contributed by atoms with E-state index in [1.54, 1.807) is 18.2 Å². The van der Waals surface area contributed by atoms with Crippen molar-refractivity contribution < 1.29 is 9.18 Å². The van der Waals surface area contributed by atoms with E-state index >= 15 is 0 Å². The van der Waals surface area contributed by atoms with Gasteiger partial charge in [0.05, 0.1) is 6.54 Å². The number of halogens is 1. The maximum absolute atomic E-state index is 13.5. The van der Waals surface area contributed by atoms with Crippen LogP contribution in [-0.4, -0.2) is 16.9 Å². The Balaban J connectivity index is 2.02. The second-order valence-corrected chi connectivity index (χ2v) is 5.87. The van der Waals surface area contributed by atoms with Crippen LogP contribution in [0.2, 0.25) is 0 Å². The van der Waals surface area contributed by atoms with Crippen molar-refractivity contribution in [2.75, 3.05) is 6.54 Å². The summed E-state index contributed by atoms with van der Waals surface area (Å²) in [6.07, 6.45) is 0. The molecule has 0 saturated carbocycles. The predicted molar refractivity (Wildman–Crippen MR) is 86.7 cm³/mol. The number of ketones is 1. The molecule has 3 nitrogen and oxygen atoms in total. The molecule has 118 valence electrons. The molecule has 4 heteroatoms. The minimum Gasteiger partial charge on any atom is -0.346 e. The summed E-state index contributed by atoms with van der Waals surface area (Å²) in [5.41, 5.74) is 3.39. The smallest absolute Gasteiger partial charge is 0.178 e. The summed E-state index contributed by atoms with van der Waals surface area (Å²) in [5.74, 6) is -0.211. The van der Waals surface area contributed by atoms with E-state index in [2.05, 4.69) is 23.7 Å². The van der Waals surface area contributed by atoms with Crippen LogP contribution in [0, 0.1) is 19.7 Å². The van der Waals surface area contributed by atoms with Crippen molar-refractivity contribution in [3.05, 3.63) is 58.7 Å². The number of aryl methyl sites for hydroxylation is 1. The van der Waals surface area contributed by atoms with Gasteiger partial charge >= 0.3 is 0 Å². The van der Waals surface area contributed by atoms with Crippen LogP contribution in [0.5, 0.6) is 0 Å². The fourth-order valence-electron chi connectivity index (χ4n) is 2.90. The number of Topliss-reactive ketones (excluding diaryl/α,β-unsaturated/α-hetero) is 1. The van der Waals surface area contributed by atoms with Crippen LogP contribution in [0.15, 0.2) is 30.3 Å². The summed E-state index contributed by atoms with van der Waals surface area (Å²) < 4.78 is 15.7. The Kier molecular flexibility index (Phi) is 5.14. The Labute approximate surface area is 131 Å². The molecule has 0 spiro atoms. The fourth-order valence-corrected chi connectivity index (χ4v) is 2.90. The SMILES string of the molecule is Cc1cc(C(=O)CNCc2ccccc2F)c(C)n1C(C)C. The summed E-state index contributed by atoms with van der Waals surface area (Å²) in [5, 5.41) is 3.03. The van der Waals surface area contributed by atoms with Gasteiger partial charge in [-0.1, -0.05) is 18.2 Å². The first-order valence-electron chi connectivity index (χ1n) is 7.57. The molecule has 0 radical (unpaired) electrons. The highest BCUT2D eigenvalue weighted by Gasteiger charge is 2.16. The molecule has 2 aromatic rings. The fraction of sp³-hybridized carbons (Fsp3) is 0.389. The molecule has 0 bridgehead atoms. The molecule has 1 aromatic carbocycles. The van der Waals surface area contributed by atoms with Crippen LogP contribution < -0.4 is 5.32 Å². The molecule has 2 rings (SSSR count). The first-order valence-corrected chi connectivity index (χ1v) is 7.57. The molecule has 0 aliphatic heterocycles. The van der Waals surface area contributed by atoms with Crippen molar-refractivity contribution in [2.24, 2.45) is 0 Å². The molecule has 1 aromatic heterocycles. The van der Waals surface area contributed by atoms with Gasteiger partial charge in [-0.05, 0) is 39.8 Å². The van der Waals surface area contributed by atoms with Crippen LogP contribution in [0.4, 0.5) is 4.39 Å². The highest BCUT2D eigenvalue weighted by Crippen LogP contribution is 2.20. The zero-order chi connectivity index (χ0) is 16.3. The highest BCUT2D eigenvalue weighted by molar-refractivity contribution is 5.99. The quantitative estimate of drug-likeness (QED) is 0.824. The second kappa shape index (κ2) is 6.88. The summed E-state index contributed by atoms with van der Waals surface area (Å²) in [6, 6.07) is 8.85. The first kappa shape index (κ1) is 16.4. The van der Waals surface area contributed by atoms with E-state index in [4.69, 9.17) is 0 Å². The lowest BCUT2D eigenvalue weighted by molar-refractivity contribution is 0.0990. The van der Waals surface area contributed by atoms with Crippen molar-refractivity contribution in [1.82, 2.24) is 9.88 Å². The van der Waals surface area contributed by atoms with Gasteiger partial charge < -0.3 is 9.88 Å². The van der Waals surface area contributed by atoms with Crippen LogP contribution >= 0.6 is 0 Å². The number of hydrogen-bond donors (Lipinski definition) is 1. The summed E-state index contributed by atoms with van der Waals surface area (Å²) in [6.45, 7) is 8.74. The minimum atomic E-state index is -0.250. The summed E-state index contributed by atoms with van der Waals surface area (Å²) in [4.78, 5) is 12.4. The Bertz CT molecular complexity index is 674. The van der Waals surface area contributed by atoms with Gasteiger partial charge in [0.2, 0.25) is 0 Å². The molecular weight excluding hydrogens is 279 g/mol. The van der Waals surface area contributed by atoms with E-state index in [-0.39, 0.29) is 18.1 Å². The molecule has 0 atom stereocenters. The molecule has 0 aliphatic carbocycles. The zero-order valence-electron chi connectivity index (χ0n) is 13.6. The Hall–Kier alpha value is -1.94. The van der Waals surface area contributed by atoms with Gasteiger partial charge in [-0.15, -0.1) is 0 Å². The highest BCUT2D eigenvalue weighted by atomic mass is 19.1. The minimum absolute atomic E-state index is 0.0383. The Morgan fingerprint density at radius 3 is 2.55 bits per heavy atom. The third-order valence-electron chi connectivity index (χ3n) is 3.86. The second-order valence-electron chi connectivity index (χ2n) is 5.87. The molecule has 0 amide bonds. The number of aromatic nitrogens is 1. The van der Waals surface area contributed by atoms with Crippen LogP contribution in [-0.2, 0) is 6.54 Å². The molecule has 1 heterocycles. The molecule has 0 saturated heterocycles. The van der Waals surface area contributed by atoms with Crippen LogP contribution in [0.3, 0.4) is 0 Å². The van der Waals surface area contributed by atoms with Crippen molar-refractivity contribution in [3.63, 3.8) is 0 Å². The van der Waals surface area contributed by atoms with E-state index in [0.29, 0.717) is 18.2 Å². The number of carbonyl (C=O) groups excluding carboxylic acids is 1. The van der Waals surface area contributed by atoms with Crippen molar-refractivity contribution >= 4 is 5.78 Å². The maximum Gasteiger partial charge on any atom is 0.178 e. The van der Waals surface area contributed by atoms with Crippen LogP contribution in [0.1, 0.15) is 47.2 Å². The summed E-state index contributed by atoms with van der Waals surface area (Å²) in [7, 11) is 0. The Morgan fingerprint density at radius 1 is 1.27 bits per heavy atom. The van der Waals surface area contributed by atoms with Gasteiger partial charge in [-0.3, -0.25) is 4.79 Å². The van der Waals surface area contributed by atoms with E-state index in [9.17, 15) is 9.18 Å². The number of carbonyl (C=O) groups is 1. The van der Waals surface area contributed by atoms with E-state index < -0.39 is 0 Å². The van der Waals surface area contributed by atoms with E-state index in [1.807, 2.05) is 19.9 Å². The number of hydrogen-bond acceptors (Lipinski definition) is 2. The monoisotopic (exact) mass is 302 g/mol. The molecule has 22 heavy (non-hydrogen) atoms. The lowest BCUT2D eigenvalue weighted by Gasteiger charge is -2.13. The lowest BCUT2D eigenvalue weighted by Crippen LogP contribution is -2.23. The van der Waals surface area contributed by atoms with E-state index in [0.717, 1.165) is 17.0 Å². The van der Waals surface area contributed by atoms with Gasteiger partial charge in [0.1, 0.15) is 5.82 Å². The van der Waals surface area contributed by atoms with Gasteiger partial charge in [0.15, 0.2) is 5.78 Å². The van der Waals surface area contributed by atoms with Crippen molar-refractivity contribution in [3.8, 4) is 0 Å². The third-order valence-corrected chi connectivity index (χ3v) is 3.86. The third kappa shape index (κ3) is 3.45. The Morgan fingerprint density at radius 2 is 1.95 bits per heavy atom. The molecule has 1 N–H and O–H groups in total. The van der Waals surface area contributed by atoms with Gasteiger partial charge in [-0.25, -0.2) is 4.39 Å². The lowest BCUT2D eigenvalue weighted by atomic mass is 10.1. The van der Waals surface area contributed by atoms with Crippen molar-refractivity contribution in [1.29, 1.82) is 0 Å². The zero-order valence-corrected chi connectivity index (χ0v) is 13.6. The number of nitrogens with one attached hydrogen (secondary N) is 1. The van der Waals surface area contributed by atoms with Gasteiger partial charge in [-0.2, -0.15) is 0 Å². The molecule has 0 fully saturated rings. The maximum atomic E-state index is 13.5. The van der Waals surface area contributed by atoms with Crippen LogP contribution in [0.25, 0.3) is 0 Å².